The molecule has 1 N–H and O–H groups in total. The second-order valence-electron chi connectivity index (χ2n) is 5.38. The van der Waals surface area contributed by atoms with Crippen LogP contribution in [0.25, 0.3) is 0 Å². The van der Waals surface area contributed by atoms with Crippen LogP contribution in [0.15, 0.2) is 29.9 Å². The van der Waals surface area contributed by atoms with Crippen molar-refractivity contribution < 1.29 is 40.2 Å². The Morgan fingerprint density at radius 2 is 1.64 bits per heavy atom. The van der Waals surface area contributed by atoms with Crippen molar-refractivity contribution in [3.8, 4) is 11.5 Å². The van der Waals surface area contributed by atoms with Crippen LogP contribution in [-0.2, 0) is 6.42 Å². The van der Waals surface area contributed by atoms with E-state index in [2.05, 4.69) is 11.7 Å². The number of alkyl halides is 7. The third-order valence-corrected chi connectivity index (χ3v) is 3.28. The molecule has 0 heterocycles. The summed E-state index contributed by atoms with van der Waals surface area (Å²) in [7, 11) is 0. The van der Waals surface area contributed by atoms with E-state index in [1.807, 2.05) is 0 Å². The molecule has 0 aliphatic heterocycles. The molecule has 0 saturated heterocycles. The zero-order chi connectivity index (χ0) is 21.6. The van der Waals surface area contributed by atoms with Gasteiger partial charge in [-0.15, -0.1) is 6.58 Å². The summed E-state index contributed by atoms with van der Waals surface area (Å²) in [6.07, 6.45) is -3.94. The predicted octanol–water partition coefficient (Wildman–Crippen LogP) is 4.93. The minimum absolute atomic E-state index is 0.113. The summed E-state index contributed by atoms with van der Waals surface area (Å²) in [6.45, 7) is 7.53. The third-order valence-electron chi connectivity index (χ3n) is 3.28. The van der Waals surface area contributed by atoms with Gasteiger partial charge in [0.2, 0.25) is 0 Å². The molecular weight excluding hydrogens is 397 g/mol. The van der Waals surface area contributed by atoms with Crippen molar-refractivity contribution in [2.45, 2.75) is 38.4 Å². The van der Waals surface area contributed by atoms with Gasteiger partial charge >= 0.3 is 18.1 Å². The Morgan fingerprint density at radius 1 is 1.04 bits per heavy atom. The average Bonchev–Trinajstić information content (AvgIpc) is 2.57. The van der Waals surface area contributed by atoms with Crippen molar-refractivity contribution in [1.82, 2.24) is 5.43 Å². The van der Waals surface area contributed by atoms with Crippen molar-refractivity contribution in [2.24, 2.45) is 5.10 Å². The topological polar surface area (TPSA) is 42.9 Å². The van der Waals surface area contributed by atoms with Crippen LogP contribution in [0, 0.1) is 0 Å². The Morgan fingerprint density at radius 3 is 2.14 bits per heavy atom. The third kappa shape index (κ3) is 5.29. The molecule has 1 rings (SSSR count). The Hall–Kier alpha value is -2.46. The van der Waals surface area contributed by atoms with E-state index in [4.69, 9.17) is 9.47 Å². The van der Waals surface area contributed by atoms with Gasteiger partial charge in [-0.05, 0) is 38.0 Å². The molecule has 158 valence electrons. The van der Waals surface area contributed by atoms with Crippen LogP contribution in [0.5, 0.6) is 11.5 Å². The summed E-state index contributed by atoms with van der Waals surface area (Å²) in [5.74, 6) is -5.69. The summed E-state index contributed by atoms with van der Waals surface area (Å²) < 4.78 is 99.3. The lowest BCUT2D eigenvalue weighted by atomic mass is 10.1. The molecule has 11 heteroatoms. The number of nitrogens with zero attached hydrogens (tertiary/aromatic N) is 1. The fraction of sp³-hybridized carbons (Fsp3) is 0.471. The van der Waals surface area contributed by atoms with Crippen molar-refractivity contribution in [3.05, 3.63) is 35.9 Å². The normalized spacial score (nSPS) is 12.9. The molecule has 0 radical (unpaired) electrons. The molecule has 0 aromatic heterocycles. The summed E-state index contributed by atoms with van der Waals surface area (Å²) >= 11 is 0. The number of hydrazone groups is 1. The van der Waals surface area contributed by atoms with Crippen molar-refractivity contribution in [2.75, 3.05) is 13.2 Å². The molecule has 0 bridgehead atoms. The first kappa shape index (κ1) is 23.6. The highest BCUT2D eigenvalue weighted by atomic mass is 19.4. The van der Waals surface area contributed by atoms with Gasteiger partial charge < -0.3 is 9.47 Å². The van der Waals surface area contributed by atoms with E-state index >= 15 is 0 Å². The van der Waals surface area contributed by atoms with Crippen LogP contribution in [-0.4, -0.2) is 37.6 Å². The van der Waals surface area contributed by atoms with Crippen LogP contribution >= 0.6 is 0 Å². The average molecular weight is 416 g/mol. The molecule has 0 unspecified atom stereocenters. The summed E-state index contributed by atoms with van der Waals surface area (Å²) in [6, 6.07) is -2.88. The van der Waals surface area contributed by atoms with Gasteiger partial charge in [0.1, 0.15) is 0 Å². The number of ether oxygens (including phenoxy) is 2. The first-order valence-corrected chi connectivity index (χ1v) is 8.07. The predicted molar refractivity (Wildman–Crippen MR) is 89.4 cm³/mol. The number of benzene rings is 1. The number of halogens is 7. The molecule has 4 nitrogen and oxygen atoms in total. The second kappa shape index (κ2) is 9.16. The molecule has 28 heavy (non-hydrogen) atoms. The lowest BCUT2D eigenvalue weighted by Gasteiger charge is -2.27. The van der Waals surface area contributed by atoms with Gasteiger partial charge in [-0.25, -0.2) is 5.43 Å². The van der Waals surface area contributed by atoms with Gasteiger partial charge in [0.25, 0.3) is 0 Å². The monoisotopic (exact) mass is 416 g/mol. The first-order chi connectivity index (χ1) is 12.9. The maximum Gasteiger partial charge on any atom is 0.462 e. The van der Waals surface area contributed by atoms with Crippen LogP contribution in [0.1, 0.15) is 25.0 Å². The number of allylic oxidation sites excluding steroid dienone is 1. The highest BCUT2D eigenvalue weighted by Crippen LogP contribution is 2.45. The van der Waals surface area contributed by atoms with Crippen LogP contribution < -0.4 is 14.9 Å². The number of nitrogens with one attached hydrogen (secondary N) is 1. The SMILES string of the molecule is C=CCc1cc(/C=N/NC(F)(F)C(F)(F)C(F)(F)F)cc(OCC)c1OCC. The standard InChI is InChI=1S/C17H19F7N2O2/c1-4-7-12-8-11(9-13(27-5-2)14(12)28-6-3)10-25-26-17(23,24)15(18,19)16(20,21)22/h4,8-10,26H,1,5-7H2,2-3H3/b25-10+. The molecule has 0 atom stereocenters. The largest absolute Gasteiger partial charge is 0.490 e. The van der Waals surface area contributed by atoms with Crippen LogP contribution in [0.3, 0.4) is 0 Å². The smallest absolute Gasteiger partial charge is 0.462 e. The molecule has 0 aliphatic carbocycles. The van der Waals surface area contributed by atoms with E-state index in [1.165, 1.54) is 18.2 Å². The summed E-state index contributed by atoms with van der Waals surface area (Å²) in [5, 5.41) is 2.84. The second-order valence-corrected chi connectivity index (χ2v) is 5.38. The number of rotatable bonds is 10. The van der Waals surface area contributed by atoms with Crippen molar-refractivity contribution >= 4 is 6.21 Å². The Labute approximate surface area is 157 Å². The molecule has 0 saturated carbocycles. The van der Waals surface area contributed by atoms with E-state index < -0.39 is 18.1 Å². The first-order valence-electron chi connectivity index (χ1n) is 8.07. The Balaban J connectivity index is 3.18. The van der Waals surface area contributed by atoms with Gasteiger partial charge in [0.15, 0.2) is 11.5 Å². The zero-order valence-corrected chi connectivity index (χ0v) is 15.0. The van der Waals surface area contributed by atoms with Crippen LogP contribution in [0.2, 0.25) is 0 Å². The Kier molecular flexibility index (Phi) is 7.71. The van der Waals surface area contributed by atoms with Crippen molar-refractivity contribution in [1.29, 1.82) is 0 Å². The summed E-state index contributed by atoms with van der Waals surface area (Å²) in [5.41, 5.74) is 1.22. The minimum Gasteiger partial charge on any atom is -0.490 e. The van der Waals surface area contributed by atoms with E-state index in [0.717, 1.165) is 0 Å². The quantitative estimate of drug-likeness (QED) is 0.193. The molecule has 1 aromatic rings. The van der Waals surface area contributed by atoms with E-state index in [9.17, 15) is 30.7 Å². The lowest BCUT2D eigenvalue weighted by molar-refractivity contribution is -0.361. The van der Waals surface area contributed by atoms with Gasteiger partial charge in [-0.2, -0.15) is 35.8 Å². The van der Waals surface area contributed by atoms with E-state index in [1.54, 1.807) is 13.8 Å². The molecule has 0 aliphatic rings. The molecule has 0 fully saturated rings. The fourth-order valence-electron chi connectivity index (χ4n) is 2.07. The van der Waals surface area contributed by atoms with Crippen LogP contribution in [0.4, 0.5) is 30.7 Å². The number of hydrogen-bond acceptors (Lipinski definition) is 4. The van der Waals surface area contributed by atoms with Gasteiger partial charge in [0, 0.05) is 5.56 Å². The highest BCUT2D eigenvalue weighted by Gasteiger charge is 2.73. The minimum atomic E-state index is -6.45. The lowest BCUT2D eigenvalue weighted by Crippen LogP contribution is -2.58. The van der Waals surface area contributed by atoms with Gasteiger partial charge in [0.05, 0.1) is 19.4 Å². The van der Waals surface area contributed by atoms with E-state index in [0.29, 0.717) is 36.0 Å². The maximum absolute atomic E-state index is 13.2. The van der Waals surface area contributed by atoms with Gasteiger partial charge in [-0.3, -0.25) is 0 Å². The highest BCUT2D eigenvalue weighted by molar-refractivity contribution is 5.81. The molecule has 0 spiro atoms. The summed E-state index contributed by atoms with van der Waals surface area (Å²) in [4.78, 5) is 0. The number of hydrogen-bond donors (Lipinski definition) is 1. The van der Waals surface area contributed by atoms with Crippen molar-refractivity contribution in [3.63, 3.8) is 0 Å². The van der Waals surface area contributed by atoms with Gasteiger partial charge in [-0.1, -0.05) is 6.08 Å². The molecule has 1 aromatic carbocycles. The zero-order valence-electron chi connectivity index (χ0n) is 15.0. The van der Waals surface area contributed by atoms with E-state index in [-0.39, 0.29) is 17.9 Å². The fourth-order valence-corrected chi connectivity index (χ4v) is 2.07. The maximum atomic E-state index is 13.2. The molecular formula is C17H19F7N2O2. The Bertz CT molecular complexity index is 703. The molecule has 0 amide bonds.